The van der Waals surface area contributed by atoms with Crippen molar-refractivity contribution in [3.8, 4) is 0 Å². The first-order chi connectivity index (χ1) is 9.04. The van der Waals surface area contributed by atoms with E-state index in [0.29, 0.717) is 5.56 Å². The van der Waals surface area contributed by atoms with E-state index in [1.165, 1.54) is 11.0 Å². The molecule has 1 aliphatic heterocycles. The first-order valence-electron chi connectivity index (χ1n) is 5.84. The zero-order valence-electron chi connectivity index (χ0n) is 10.4. The summed E-state index contributed by atoms with van der Waals surface area (Å²) in [6, 6.07) is 4.65. The lowest BCUT2D eigenvalue weighted by Crippen LogP contribution is -2.31. The third kappa shape index (κ3) is 2.42. The van der Waals surface area contributed by atoms with Gasteiger partial charge < -0.3 is 14.7 Å². The van der Waals surface area contributed by atoms with Crippen LogP contribution < -0.4 is 0 Å². The fraction of sp³-hybridized carbons (Fsp3) is 0.308. The predicted molar refractivity (Wildman–Crippen MR) is 64.8 cm³/mol. The van der Waals surface area contributed by atoms with E-state index in [1.54, 1.807) is 19.1 Å². The van der Waals surface area contributed by atoms with Crippen molar-refractivity contribution in [1.82, 2.24) is 4.90 Å². The molecule has 19 heavy (non-hydrogen) atoms. The summed E-state index contributed by atoms with van der Waals surface area (Å²) in [5.41, 5.74) is 0.752. The van der Waals surface area contributed by atoms with Crippen LogP contribution in [0.4, 0.5) is 0 Å². The molecule has 1 aliphatic rings. The highest BCUT2D eigenvalue weighted by Gasteiger charge is 2.32. The SMILES string of the molecule is CCOC(=O)CN1Cc2cccc(C(=O)O)c2C1=O. The molecule has 0 aliphatic carbocycles. The van der Waals surface area contributed by atoms with Crippen LogP contribution in [-0.2, 0) is 16.1 Å². The molecule has 0 unspecified atom stereocenters. The van der Waals surface area contributed by atoms with Crippen molar-refractivity contribution in [3.63, 3.8) is 0 Å². The minimum Gasteiger partial charge on any atom is -0.478 e. The minimum absolute atomic E-state index is 0.0335. The maximum Gasteiger partial charge on any atom is 0.336 e. The molecule has 1 aromatic carbocycles. The second-order valence-electron chi connectivity index (χ2n) is 4.11. The van der Waals surface area contributed by atoms with E-state index < -0.39 is 17.8 Å². The summed E-state index contributed by atoms with van der Waals surface area (Å²) in [5, 5.41) is 9.06. The molecule has 1 aromatic rings. The molecule has 100 valence electrons. The summed E-state index contributed by atoms with van der Waals surface area (Å²) in [6.07, 6.45) is 0. The van der Waals surface area contributed by atoms with Crippen molar-refractivity contribution in [3.05, 3.63) is 34.9 Å². The first kappa shape index (κ1) is 13.1. The van der Waals surface area contributed by atoms with Gasteiger partial charge in [0.2, 0.25) is 0 Å². The van der Waals surface area contributed by atoms with Gasteiger partial charge in [-0.3, -0.25) is 9.59 Å². The molecular formula is C13H13NO5. The Bertz CT molecular complexity index is 552. The fourth-order valence-corrected chi connectivity index (χ4v) is 2.09. The highest BCUT2D eigenvalue weighted by Crippen LogP contribution is 2.25. The van der Waals surface area contributed by atoms with Crippen LogP contribution in [0.1, 0.15) is 33.2 Å². The van der Waals surface area contributed by atoms with E-state index in [4.69, 9.17) is 9.84 Å². The number of benzene rings is 1. The lowest BCUT2D eigenvalue weighted by molar-refractivity contribution is -0.143. The molecule has 1 heterocycles. The second-order valence-corrected chi connectivity index (χ2v) is 4.11. The number of fused-ring (bicyclic) bond motifs is 1. The third-order valence-corrected chi connectivity index (χ3v) is 2.87. The normalized spacial score (nSPS) is 13.3. The molecule has 6 heteroatoms. The Hall–Kier alpha value is -2.37. The summed E-state index contributed by atoms with van der Waals surface area (Å²) in [7, 11) is 0. The van der Waals surface area contributed by atoms with Crippen molar-refractivity contribution >= 4 is 17.8 Å². The van der Waals surface area contributed by atoms with Gasteiger partial charge >= 0.3 is 11.9 Å². The number of carbonyl (C=O) groups is 3. The molecule has 0 saturated carbocycles. The van der Waals surface area contributed by atoms with Gasteiger partial charge in [0.15, 0.2) is 0 Å². The van der Waals surface area contributed by atoms with Crippen molar-refractivity contribution in [2.75, 3.05) is 13.2 Å². The number of amides is 1. The number of rotatable bonds is 4. The molecule has 1 amide bonds. The van der Waals surface area contributed by atoms with Crippen LogP contribution in [0.5, 0.6) is 0 Å². The van der Waals surface area contributed by atoms with Gasteiger partial charge in [0.1, 0.15) is 6.54 Å². The van der Waals surface area contributed by atoms with Crippen LogP contribution in [0.25, 0.3) is 0 Å². The lowest BCUT2D eigenvalue weighted by Gasteiger charge is -2.14. The molecule has 0 fully saturated rings. The Kier molecular flexibility index (Phi) is 3.50. The molecule has 0 saturated heterocycles. The van der Waals surface area contributed by atoms with Gasteiger partial charge in [-0.05, 0) is 18.6 Å². The van der Waals surface area contributed by atoms with Gasteiger partial charge in [0, 0.05) is 6.54 Å². The van der Waals surface area contributed by atoms with Crippen LogP contribution in [0, 0.1) is 0 Å². The molecule has 0 radical (unpaired) electrons. The molecule has 0 aromatic heterocycles. The van der Waals surface area contributed by atoms with E-state index in [0.717, 1.165) is 0 Å². The summed E-state index contributed by atoms with van der Waals surface area (Å²) in [4.78, 5) is 35.9. The van der Waals surface area contributed by atoms with Crippen LogP contribution in [0.3, 0.4) is 0 Å². The monoisotopic (exact) mass is 263 g/mol. The number of esters is 1. The standard InChI is InChI=1S/C13H13NO5/c1-2-19-10(15)7-14-6-8-4-3-5-9(13(17)18)11(8)12(14)16/h3-5H,2,6-7H2,1H3,(H,17,18). The maximum absolute atomic E-state index is 12.1. The topological polar surface area (TPSA) is 83.9 Å². The van der Waals surface area contributed by atoms with Crippen molar-refractivity contribution in [1.29, 1.82) is 0 Å². The Morgan fingerprint density at radius 2 is 2.16 bits per heavy atom. The van der Waals surface area contributed by atoms with E-state index in [1.807, 2.05) is 0 Å². The van der Waals surface area contributed by atoms with Crippen LogP contribution >= 0.6 is 0 Å². The molecule has 2 rings (SSSR count). The van der Waals surface area contributed by atoms with Gasteiger partial charge in [-0.25, -0.2) is 4.79 Å². The Balaban J connectivity index is 2.25. The van der Waals surface area contributed by atoms with Gasteiger partial charge in [0.05, 0.1) is 17.7 Å². The van der Waals surface area contributed by atoms with Gasteiger partial charge in [-0.15, -0.1) is 0 Å². The van der Waals surface area contributed by atoms with Crippen molar-refractivity contribution in [2.45, 2.75) is 13.5 Å². The predicted octanol–water partition coefficient (Wildman–Crippen LogP) is 0.904. The number of carboxylic acid groups (broad SMARTS) is 1. The Labute approximate surface area is 109 Å². The third-order valence-electron chi connectivity index (χ3n) is 2.87. The number of carboxylic acids is 1. The smallest absolute Gasteiger partial charge is 0.336 e. The van der Waals surface area contributed by atoms with Gasteiger partial charge in [-0.2, -0.15) is 0 Å². The lowest BCUT2D eigenvalue weighted by atomic mass is 10.0. The molecular weight excluding hydrogens is 250 g/mol. The number of hydrogen-bond acceptors (Lipinski definition) is 4. The number of hydrogen-bond donors (Lipinski definition) is 1. The molecule has 6 nitrogen and oxygen atoms in total. The summed E-state index contributed by atoms with van der Waals surface area (Å²) in [6.45, 7) is 1.99. The fourth-order valence-electron chi connectivity index (χ4n) is 2.09. The summed E-state index contributed by atoms with van der Waals surface area (Å²) in [5.74, 6) is -2.09. The quantitative estimate of drug-likeness (QED) is 0.816. The Morgan fingerprint density at radius 1 is 1.42 bits per heavy atom. The molecule has 1 N–H and O–H groups in total. The van der Waals surface area contributed by atoms with E-state index in [-0.39, 0.29) is 30.8 Å². The molecule has 0 atom stereocenters. The van der Waals surface area contributed by atoms with Crippen molar-refractivity contribution in [2.24, 2.45) is 0 Å². The minimum atomic E-state index is -1.15. The van der Waals surface area contributed by atoms with Crippen LogP contribution in [0.2, 0.25) is 0 Å². The van der Waals surface area contributed by atoms with Gasteiger partial charge in [0.25, 0.3) is 5.91 Å². The highest BCUT2D eigenvalue weighted by atomic mass is 16.5. The Morgan fingerprint density at radius 3 is 2.79 bits per heavy atom. The first-order valence-corrected chi connectivity index (χ1v) is 5.84. The highest BCUT2D eigenvalue weighted by molar-refractivity contribution is 6.08. The molecule has 0 bridgehead atoms. The average molecular weight is 263 g/mol. The van der Waals surface area contributed by atoms with E-state index in [2.05, 4.69) is 0 Å². The van der Waals surface area contributed by atoms with Crippen LogP contribution in [0.15, 0.2) is 18.2 Å². The number of aromatic carboxylic acids is 1. The van der Waals surface area contributed by atoms with E-state index in [9.17, 15) is 14.4 Å². The largest absolute Gasteiger partial charge is 0.478 e. The second kappa shape index (κ2) is 5.09. The summed E-state index contributed by atoms with van der Waals surface area (Å²) < 4.78 is 4.78. The maximum atomic E-state index is 12.1. The number of ether oxygens (including phenoxy) is 1. The average Bonchev–Trinajstić information content (AvgIpc) is 2.66. The van der Waals surface area contributed by atoms with E-state index >= 15 is 0 Å². The van der Waals surface area contributed by atoms with Crippen LogP contribution in [-0.4, -0.2) is 41.0 Å². The van der Waals surface area contributed by atoms with Crippen molar-refractivity contribution < 1.29 is 24.2 Å². The van der Waals surface area contributed by atoms with Gasteiger partial charge in [-0.1, -0.05) is 12.1 Å². The summed E-state index contributed by atoms with van der Waals surface area (Å²) >= 11 is 0. The number of nitrogens with zero attached hydrogens (tertiary/aromatic N) is 1. The zero-order chi connectivity index (χ0) is 14.0. The zero-order valence-corrected chi connectivity index (χ0v) is 10.4. The molecule has 0 spiro atoms. The number of carbonyl (C=O) groups excluding carboxylic acids is 2.